The van der Waals surface area contributed by atoms with Crippen molar-refractivity contribution >= 4 is 23.4 Å². The zero-order valence-electron chi connectivity index (χ0n) is 12.1. The average molecular weight is 323 g/mol. The molecule has 0 aliphatic carbocycles. The van der Waals surface area contributed by atoms with Gasteiger partial charge in [0.2, 0.25) is 0 Å². The standard InChI is InChI=1S/C16H13N5OS/c22-15(13-9-17-4-5-18-13)19-12-3-1-2-11(8-12)14-10-21-6-7-23-16(21)20-14/h1-5,8-10H,6-7H2,(H,19,22). The van der Waals surface area contributed by atoms with Gasteiger partial charge in [-0.1, -0.05) is 23.9 Å². The van der Waals surface area contributed by atoms with E-state index in [1.807, 2.05) is 24.3 Å². The Kier molecular flexibility index (Phi) is 3.55. The highest BCUT2D eigenvalue weighted by Gasteiger charge is 2.15. The van der Waals surface area contributed by atoms with Crippen molar-refractivity contribution < 1.29 is 4.79 Å². The first-order valence-corrected chi connectivity index (χ1v) is 8.16. The van der Waals surface area contributed by atoms with Crippen LogP contribution in [0.5, 0.6) is 0 Å². The normalized spacial score (nSPS) is 12.9. The molecule has 114 valence electrons. The summed E-state index contributed by atoms with van der Waals surface area (Å²) in [5.41, 5.74) is 2.89. The molecule has 6 nitrogen and oxygen atoms in total. The number of nitrogens with zero attached hydrogens (tertiary/aromatic N) is 4. The largest absolute Gasteiger partial charge is 0.325 e. The highest BCUT2D eigenvalue weighted by Crippen LogP contribution is 2.29. The van der Waals surface area contributed by atoms with Gasteiger partial charge < -0.3 is 9.88 Å². The van der Waals surface area contributed by atoms with E-state index in [4.69, 9.17) is 0 Å². The van der Waals surface area contributed by atoms with Gasteiger partial charge in [0.05, 0.1) is 11.9 Å². The van der Waals surface area contributed by atoms with Crippen LogP contribution in [0.15, 0.2) is 54.2 Å². The van der Waals surface area contributed by atoms with Crippen LogP contribution in [-0.2, 0) is 6.54 Å². The fraction of sp³-hybridized carbons (Fsp3) is 0.125. The summed E-state index contributed by atoms with van der Waals surface area (Å²) in [5.74, 6) is 0.801. The average Bonchev–Trinajstić information content (AvgIpc) is 3.17. The molecular weight excluding hydrogens is 310 g/mol. The molecule has 1 aromatic carbocycles. The van der Waals surface area contributed by atoms with Gasteiger partial charge in [0, 0.05) is 42.1 Å². The number of aryl methyl sites for hydroxylation is 1. The first-order chi connectivity index (χ1) is 11.3. The molecule has 1 aliphatic rings. The molecular formula is C16H13N5OS. The van der Waals surface area contributed by atoms with Gasteiger partial charge in [-0.2, -0.15) is 0 Å². The number of anilines is 1. The summed E-state index contributed by atoms with van der Waals surface area (Å²) in [4.78, 5) is 24.7. The Morgan fingerprint density at radius 3 is 3.09 bits per heavy atom. The second-order valence-electron chi connectivity index (χ2n) is 5.08. The van der Waals surface area contributed by atoms with Crippen molar-refractivity contribution in [3.8, 4) is 11.3 Å². The van der Waals surface area contributed by atoms with Gasteiger partial charge in [0.25, 0.3) is 5.91 Å². The number of carbonyl (C=O) groups is 1. The molecule has 2 aromatic heterocycles. The van der Waals surface area contributed by atoms with Crippen molar-refractivity contribution in [3.05, 3.63) is 54.7 Å². The quantitative estimate of drug-likeness (QED) is 0.802. The second kappa shape index (κ2) is 5.85. The van der Waals surface area contributed by atoms with Crippen LogP contribution in [-0.4, -0.2) is 31.2 Å². The number of amides is 1. The van der Waals surface area contributed by atoms with Crippen molar-refractivity contribution in [2.24, 2.45) is 0 Å². The Hall–Kier alpha value is -2.67. The predicted octanol–water partition coefficient (Wildman–Crippen LogP) is 2.70. The number of thioether (sulfide) groups is 1. The fourth-order valence-electron chi connectivity index (χ4n) is 2.42. The van der Waals surface area contributed by atoms with E-state index in [0.717, 1.165) is 28.7 Å². The van der Waals surface area contributed by atoms with Crippen molar-refractivity contribution in [1.29, 1.82) is 0 Å². The van der Waals surface area contributed by atoms with Gasteiger partial charge in [0.15, 0.2) is 5.16 Å². The van der Waals surface area contributed by atoms with Gasteiger partial charge in [-0.25, -0.2) is 9.97 Å². The Bertz CT molecular complexity index is 840. The molecule has 0 radical (unpaired) electrons. The van der Waals surface area contributed by atoms with Crippen LogP contribution < -0.4 is 5.32 Å². The van der Waals surface area contributed by atoms with E-state index in [0.29, 0.717) is 5.69 Å². The number of aromatic nitrogens is 4. The van der Waals surface area contributed by atoms with E-state index in [1.165, 1.54) is 18.6 Å². The number of carbonyl (C=O) groups excluding carboxylic acids is 1. The first kappa shape index (κ1) is 14.0. The number of benzene rings is 1. The first-order valence-electron chi connectivity index (χ1n) is 7.17. The van der Waals surface area contributed by atoms with Gasteiger partial charge in [-0.05, 0) is 12.1 Å². The molecule has 0 saturated heterocycles. The van der Waals surface area contributed by atoms with Crippen LogP contribution in [0.3, 0.4) is 0 Å². The van der Waals surface area contributed by atoms with E-state index in [-0.39, 0.29) is 11.6 Å². The summed E-state index contributed by atoms with van der Waals surface area (Å²) in [6.07, 6.45) is 6.53. The van der Waals surface area contributed by atoms with E-state index in [1.54, 1.807) is 11.8 Å². The van der Waals surface area contributed by atoms with Crippen LogP contribution >= 0.6 is 11.8 Å². The van der Waals surface area contributed by atoms with E-state index in [2.05, 4.69) is 31.0 Å². The Labute approximate surface area is 137 Å². The molecule has 0 unspecified atom stereocenters. The smallest absolute Gasteiger partial charge is 0.275 e. The monoisotopic (exact) mass is 323 g/mol. The van der Waals surface area contributed by atoms with Crippen molar-refractivity contribution in [2.45, 2.75) is 11.7 Å². The highest BCUT2D eigenvalue weighted by molar-refractivity contribution is 7.99. The van der Waals surface area contributed by atoms with E-state index >= 15 is 0 Å². The lowest BCUT2D eigenvalue weighted by atomic mass is 10.1. The molecule has 3 aromatic rings. The lowest BCUT2D eigenvalue weighted by Crippen LogP contribution is -2.13. The molecule has 23 heavy (non-hydrogen) atoms. The molecule has 1 amide bonds. The minimum Gasteiger partial charge on any atom is -0.325 e. The molecule has 0 spiro atoms. The lowest BCUT2D eigenvalue weighted by molar-refractivity contribution is 0.102. The van der Waals surface area contributed by atoms with Crippen molar-refractivity contribution in [2.75, 3.05) is 11.1 Å². The van der Waals surface area contributed by atoms with Crippen molar-refractivity contribution in [3.63, 3.8) is 0 Å². The molecule has 0 bridgehead atoms. The van der Waals surface area contributed by atoms with Gasteiger partial charge in [-0.3, -0.25) is 9.78 Å². The van der Waals surface area contributed by atoms with Crippen LogP contribution in [0.4, 0.5) is 5.69 Å². The number of hydrogen-bond acceptors (Lipinski definition) is 5. The summed E-state index contributed by atoms with van der Waals surface area (Å²) in [6.45, 7) is 0.996. The van der Waals surface area contributed by atoms with E-state index in [9.17, 15) is 4.79 Å². The SMILES string of the molecule is O=C(Nc1cccc(-c2cn3c(n2)SCC3)c1)c1cnccn1. The third-order valence-corrected chi connectivity index (χ3v) is 4.49. The number of rotatable bonds is 3. The number of imidazole rings is 1. The molecule has 4 rings (SSSR count). The summed E-state index contributed by atoms with van der Waals surface area (Å²) < 4.78 is 2.16. The Balaban J connectivity index is 1.57. The fourth-order valence-corrected chi connectivity index (χ4v) is 3.36. The molecule has 1 aliphatic heterocycles. The Morgan fingerprint density at radius 1 is 1.30 bits per heavy atom. The second-order valence-corrected chi connectivity index (χ2v) is 6.14. The summed E-state index contributed by atoms with van der Waals surface area (Å²) in [6, 6.07) is 7.65. The van der Waals surface area contributed by atoms with Crippen LogP contribution in [0.1, 0.15) is 10.5 Å². The van der Waals surface area contributed by atoms with Crippen molar-refractivity contribution in [1.82, 2.24) is 19.5 Å². The number of hydrogen-bond donors (Lipinski definition) is 1. The predicted molar refractivity (Wildman–Crippen MR) is 88.4 cm³/mol. The van der Waals surface area contributed by atoms with Gasteiger partial charge >= 0.3 is 0 Å². The number of nitrogens with one attached hydrogen (secondary N) is 1. The topological polar surface area (TPSA) is 72.7 Å². The maximum Gasteiger partial charge on any atom is 0.275 e. The third-order valence-electron chi connectivity index (χ3n) is 3.52. The molecule has 3 heterocycles. The van der Waals surface area contributed by atoms with Gasteiger partial charge in [0.1, 0.15) is 5.69 Å². The zero-order chi connectivity index (χ0) is 15.6. The maximum atomic E-state index is 12.1. The molecule has 7 heteroatoms. The molecule has 0 fully saturated rings. The highest BCUT2D eigenvalue weighted by atomic mass is 32.2. The minimum atomic E-state index is -0.279. The van der Waals surface area contributed by atoms with Crippen LogP contribution in [0.25, 0.3) is 11.3 Å². The summed E-state index contributed by atoms with van der Waals surface area (Å²) in [5, 5.41) is 3.89. The molecule has 0 saturated carbocycles. The third kappa shape index (κ3) is 2.83. The van der Waals surface area contributed by atoms with Gasteiger partial charge in [-0.15, -0.1) is 0 Å². The van der Waals surface area contributed by atoms with Crippen LogP contribution in [0, 0.1) is 0 Å². The Morgan fingerprint density at radius 2 is 2.26 bits per heavy atom. The number of fused-ring (bicyclic) bond motifs is 1. The lowest BCUT2D eigenvalue weighted by Gasteiger charge is -2.06. The van der Waals surface area contributed by atoms with E-state index < -0.39 is 0 Å². The maximum absolute atomic E-state index is 12.1. The van der Waals surface area contributed by atoms with Crippen LogP contribution in [0.2, 0.25) is 0 Å². The molecule has 1 N–H and O–H groups in total. The minimum absolute atomic E-state index is 0.279. The molecule has 0 atom stereocenters. The summed E-state index contributed by atoms with van der Waals surface area (Å²) >= 11 is 1.76. The summed E-state index contributed by atoms with van der Waals surface area (Å²) in [7, 11) is 0. The zero-order valence-corrected chi connectivity index (χ0v) is 13.0.